The highest BCUT2D eigenvalue weighted by Crippen LogP contribution is 2.22. The van der Waals surface area contributed by atoms with E-state index in [-0.39, 0.29) is 31.6 Å². The molecular weight excluding hydrogens is 401 g/mol. The Bertz CT molecular complexity index is 883. The van der Waals surface area contributed by atoms with Gasteiger partial charge < -0.3 is 10.1 Å². The van der Waals surface area contributed by atoms with Crippen LogP contribution in [0.1, 0.15) is 12.5 Å². The first-order valence-electron chi connectivity index (χ1n) is 8.77. The number of esters is 1. The van der Waals surface area contributed by atoms with Crippen LogP contribution in [0.15, 0.2) is 53.6 Å². The number of anilines is 1. The molecule has 1 unspecified atom stereocenters. The summed E-state index contributed by atoms with van der Waals surface area (Å²) in [5, 5.41) is 10.0. The molecule has 2 aromatic rings. The molecule has 2 aromatic carbocycles. The average molecular weight is 420 g/mol. The van der Waals surface area contributed by atoms with E-state index in [2.05, 4.69) is 10.4 Å². The second-order valence-corrected chi connectivity index (χ2v) is 7.07. The molecule has 28 heavy (non-hydrogen) atoms. The number of ether oxygens (including phenoxy) is 1. The van der Waals surface area contributed by atoms with Gasteiger partial charge in [-0.3, -0.25) is 14.6 Å². The molecule has 0 bridgehead atoms. The molecule has 0 saturated heterocycles. The van der Waals surface area contributed by atoms with Crippen molar-refractivity contribution in [1.82, 2.24) is 5.01 Å². The van der Waals surface area contributed by atoms with E-state index in [9.17, 15) is 9.59 Å². The number of halogens is 2. The first kappa shape index (κ1) is 20.2. The van der Waals surface area contributed by atoms with E-state index in [0.717, 1.165) is 5.56 Å². The molecule has 0 radical (unpaired) electrons. The van der Waals surface area contributed by atoms with Crippen LogP contribution >= 0.6 is 23.2 Å². The Hall–Kier alpha value is -2.57. The lowest BCUT2D eigenvalue weighted by atomic mass is 9.97. The second kappa shape index (κ2) is 9.08. The molecule has 0 aliphatic carbocycles. The number of nitrogens with zero attached hydrogens (tertiary/aromatic N) is 2. The number of carbonyl (C=O) groups is 2. The van der Waals surface area contributed by atoms with Crippen LogP contribution in [0.5, 0.6) is 0 Å². The van der Waals surface area contributed by atoms with Crippen molar-refractivity contribution in [3.05, 3.63) is 64.1 Å². The third-order valence-electron chi connectivity index (χ3n) is 4.14. The molecular formula is C20H19Cl2N3O3. The van der Waals surface area contributed by atoms with Gasteiger partial charge in [0.15, 0.2) is 0 Å². The van der Waals surface area contributed by atoms with Crippen LogP contribution in [0.2, 0.25) is 10.0 Å². The third kappa shape index (κ3) is 5.03. The lowest BCUT2D eigenvalue weighted by molar-refractivity contribution is -0.145. The molecule has 1 aliphatic rings. The molecule has 8 heteroatoms. The van der Waals surface area contributed by atoms with Crippen LogP contribution in [0, 0.1) is 5.92 Å². The highest BCUT2D eigenvalue weighted by molar-refractivity contribution is 6.31. The molecule has 3 rings (SSSR count). The molecule has 1 N–H and O–H groups in total. The predicted octanol–water partition coefficient (Wildman–Crippen LogP) is 3.83. The quantitative estimate of drug-likeness (QED) is 0.722. The lowest BCUT2D eigenvalue weighted by Crippen LogP contribution is -2.33. The van der Waals surface area contributed by atoms with Crippen LogP contribution in [0.25, 0.3) is 0 Å². The maximum atomic E-state index is 12.4. The number of hydrazone groups is 1. The molecule has 0 fully saturated rings. The van der Waals surface area contributed by atoms with Crippen LogP contribution in [-0.2, 0) is 14.3 Å². The zero-order chi connectivity index (χ0) is 20.1. The smallest absolute Gasteiger partial charge is 0.317 e. The molecule has 0 spiro atoms. The number of hydrogen-bond acceptors (Lipinski definition) is 5. The minimum atomic E-state index is -0.565. The highest BCUT2D eigenvalue weighted by Gasteiger charge is 2.35. The molecule has 1 heterocycles. The van der Waals surface area contributed by atoms with Crippen molar-refractivity contribution >= 4 is 46.5 Å². The average Bonchev–Trinajstić information content (AvgIpc) is 3.08. The molecule has 6 nitrogen and oxygen atoms in total. The van der Waals surface area contributed by atoms with Crippen LogP contribution in [-0.4, -0.2) is 42.3 Å². The summed E-state index contributed by atoms with van der Waals surface area (Å²) in [4.78, 5) is 24.7. The fourth-order valence-electron chi connectivity index (χ4n) is 2.87. The van der Waals surface area contributed by atoms with Crippen molar-refractivity contribution < 1.29 is 14.3 Å². The Kier molecular flexibility index (Phi) is 6.54. The van der Waals surface area contributed by atoms with E-state index in [1.165, 1.54) is 0 Å². The Morgan fingerprint density at radius 1 is 1.11 bits per heavy atom. The van der Waals surface area contributed by atoms with Crippen LogP contribution in [0.4, 0.5) is 5.69 Å². The Morgan fingerprint density at radius 3 is 2.32 bits per heavy atom. The number of carbonyl (C=O) groups excluding carboxylic acids is 2. The molecule has 1 aliphatic heterocycles. The summed E-state index contributed by atoms with van der Waals surface area (Å²) in [5.74, 6) is -1.17. The van der Waals surface area contributed by atoms with Gasteiger partial charge in [0.1, 0.15) is 12.5 Å². The Labute approximate surface area is 173 Å². The summed E-state index contributed by atoms with van der Waals surface area (Å²) in [5.41, 5.74) is 1.97. The molecule has 146 valence electrons. The van der Waals surface area contributed by atoms with Crippen LogP contribution < -0.4 is 5.32 Å². The standard InChI is InChI=1S/C20H19Cl2N3O3/c1-2-28-20(27)17-11-25(24-19(17)13-3-5-14(21)6-4-13)12-18(26)23-16-9-7-15(22)8-10-16/h3-10,17H,2,11-12H2,1H3,(H,23,26). The number of benzene rings is 2. The van der Waals surface area contributed by atoms with Gasteiger partial charge >= 0.3 is 5.97 Å². The fraction of sp³-hybridized carbons (Fsp3) is 0.250. The highest BCUT2D eigenvalue weighted by atomic mass is 35.5. The number of hydrogen-bond donors (Lipinski definition) is 1. The van der Waals surface area contributed by atoms with Gasteiger partial charge in [-0.2, -0.15) is 5.10 Å². The summed E-state index contributed by atoms with van der Waals surface area (Å²) >= 11 is 11.8. The summed E-state index contributed by atoms with van der Waals surface area (Å²) in [6.07, 6.45) is 0. The molecule has 0 saturated carbocycles. The summed E-state index contributed by atoms with van der Waals surface area (Å²) in [6, 6.07) is 13.9. The van der Waals surface area contributed by atoms with E-state index >= 15 is 0 Å². The van der Waals surface area contributed by atoms with E-state index in [0.29, 0.717) is 21.4 Å². The Balaban J connectivity index is 1.73. The monoisotopic (exact) mass is 419 g/mol. The van der Waals surface area contributed by atoms with Gasteiger partial charge in [0.2, 0.25) is 5.91 Å². The maximum Gasteiger partial charge on any atom is 0.317 e. The molecule has 0 aromatic heterocycles. The zero-order valence-corrected chi connectivity index (χ0v) is 16.7. The summed E-state index contributed by atoms with van der Waals surface area (Å²) in [7, 11) is 0. The predicted molar refractivity (Wildman–Crippen MR) is 110 cm³/mol. The van der Waals surface area contributed by atoms with Gasteiger partial charge in [0.25, 0.3) is 0 Å². The van der Waals surface area contributed by atoms with Crippen molar-refractivity contribution in [3.63, 3.8) is 0 Å². The van der Waals surface area contributed by atoms with Crippen LogP contribution in [0.3, 0.4) is 0 Å². The summed E-state index contributed by atoms with van der Waals surface area (Å²) in [6.45, 7) is 2.31. The third-order valence-corrected chi connectivity index (χ3v) is 4.64. The lowest BCUT2D eigenvalue weighted by Gasteiger charge is -2.15. The van der Waals surface area contributed by atoms with Crippen molar-refractivity contribution in [2.75, 3.05) is 25.0 Å². The molecule has 1 amide bonds. The van der Waals surface area contributed by atoms with Gasteiger partial charge in [-0.05, 0) is 48.9 Å². The SMILES string of the molecule is CCOC(=O)C1CN(CC(=O)Nc2ccc(Cl)cc2)N=C1c1ccc(Cl)cc1. The van der Waals surface area contributed by atoms with Crippen molar-refractivity contribution in [2.45, 2.75) is 6.92 Å². The van der Waals surface area contributed by atoms with E-state index in [1.54, 1.807) is 60.5 Å². The maximum absolute atomic E-state index is 12.4. The summed E-state index contributed by atoms with van der Waals surface area (Å²) < 4.78 is 5.18. The van der Waals surface area contributed by atoms with Crippen molar-refractivity contribution in [1.29, 1.82) is 0 Å². The molecule has 1 atom stereocenters. The zero-order valence-electron chi connectivity index (χ0n) is 15.2. The minimum absolute atomic E-state index is 0.00954. The first-order valence-corrected chi connectivity index (χ1v) is 9.53. The van der Waals surface area contributed by atoms with Crippen molar-refractivity contribution in [2.24, 2.45) is 11.0 Å². The van der Waals surface area contributed by atoms with Gasteiger partial charge in [-0.25, -0.2) is 0 Å². The Morgan fingerprint density at radius 2 is 1.71 bits per heavy atom. The second-order valence-electron chi connectivity index (χ2n) is 6.20. The number of nitrogens with one attached hydrogen (secondary N) is 1. The van der Waals surface area contributed by atoms with Crippen molar-refractivity contribution in [3.8, 4) is 0 Å². The van der Waals surface area contributed by atoms with Gasteiger partial charge in [-0.1, -0.05) is 35.3 Å². The minimum Gasteiger partial charge on any atom is -0.465 e. The van der Waals surface area contributed by atoms with Gasteiger partial charge in [0.05, 0.1) is 18.9 Å². The van der Waals surface area contributed by atoms with E-state index in [4.69, 9.17) is 27.9 Å². The first-order chi connectivity index (χ1) is 13.5. The van der Waals surface area contributed by atoms with Gasteiger partial charge in [0, 0.05) is 15.7 Å². The fourth-order valence-corrected chi connectivity index (χ4v) is 3.12. The topological polar surface area (TPSA) is 71.0 Å². The van der Waals surface area contributed by atoms with E-state index < -0.39 is 5.92 Å². The number of amides is 1. The van der Waals surface area contributed by atoms with Gasteiger partial charge in [-0.15, -0.1) is 0 Å². The largest absolute Gasteiger partial charge is 0.465 e. The van der Waals surface area contributed by atoms with E-state index in [1.807, 2.05) is 0 Å². The normalized spacial score (nSPS) is 15.9. The number of rotatable bonds is 6.